The second-order valence-corrected chi connectivity index (χ2v) is 14.4. The summed E-state index contributed by atoms with van der Waals surface area (Å²) in [7, 11) is -1.96. The Labute approximate surface area is 251 Å². The molecule has 1 atom stereocenters. The molecule has 0 unspecified atom stereocenters. The molecule has 4 aliphatic rings. The van der Waals surface area contributed by atoms with E-state index in [0.29, 0.717) is 22.6 Å². The summed E-state index contributed by atoms with van der Waals surface area (Å²) in [4.78, 5) is 24.5. The number of sulfonamides is 1. The molecule has 1 amide bonds. The lowest BCUT2D eigenvalue weighted by Crippen LogP contribution is -2.40. The molecule has 1 aliphatic carbocycles. The van der Waals surface area contributed by atoms with Crippen LogP contribution in [0.4, 0.5) is 31.7 Å². The first-order valence-corrected chi connectivity index (χ1v) is 16.6. The minimum Gasteiger partial charge on any atom is -0.395 e. The van der Waals surface area contributed by atoms with Crippen molar-refractivity contribution in [2.45, 2.75) is 68.7 Å². The van der Waals surface area contributed by atoms with Crippen LogP contribution in [0.15, 0.2) is 29.2 Å². The topological polar surface area (TPSA) is 118 Å². The van der Waals surface area contributed by atoms with E-state index in [4.69, 9.17) is 4.98 Å². The van der Waals surface area contributed by atoms with Gasteiger partial charge in [-0.1, -0.05) is 0 Å². The second kappa shape index (κ2) is 11.2. The fourth-order valence-electron chi connectivity index (χ4n) is 6.47. The third kappa shape index (κ3) is 6.16. The van der Waals surface area contributed by atoms with Crippen LogP contribution in [0.2, 0.25) is 0 Å². The molecular weight excluding hydrogens is 578 g/mol. The fraction of sp³-hybridized carbons (Fsp3) is 0.600. The first-order valence-electron chi connectivity index (χ1n) is 15.1. The molecule has 3 aliphatic heterocycles. The lowest BCUT2D eigenvalue weighted by molar-refractivity contribution is -0.0221. The molecule has 6 rings (SSSR count). The first kappa shape index (κ1) is 30.0. The van der Waals surface area contributed by atoms with Crippen LogP contribution >= 0.6 is 0 Å². The number of pyridine rings is 1. The van der Waals surface area contributed by atoms with Gasteiger partial charge in [-0.05, 0) is 74.3 Å². The smallest absolute Gasteiger partial charge is 0.274 e. The van der Waals surface area contributed by atoms with E-state index in [2.05, 4.69) is 19.8 Å². The SMILES string of the molecule is C[C@@H](CO)NS(=O)(=O)c1ccc(NC(=O)c2cc3c(c(N4CCC(F)(F)CC4)n2)N(C)CC3)c(N2CCC3(CC2)CC3)c1. The maximum atomic E-state index is 13.9. The van der Waals surface area contributed by atoms with Gasteiger partial charge in [-0.2, -0.15) is 0 Å². The highest BCUT2D eigenvalue weighted by molar-refractivity contribution is 7.89. The quantitative estimate of drug-likeness (QED) is 0.411. The third-order valence-electron chi connectivity index (χ3n) is 9.46. The highest BCUT2D eigenvalue weighted by atomic mass is 32.2. The van der Waals surface area contributed by atoms with E-state index in [0.717, 1.165) is 50.1 Å². The van der Waals surface area contributed by atoms with E-state index >= 15 is 0 Å². The number of rotatable bonds is 8. The van der Waals surface area contributed by atoms with Crippen LogP contribution in [0.5, 0.6) is 0 Å². The van der Waals surface area contributed by atoms with Crippen molar-refractivity contribution < 1.29 is 27.1 Å². The molecule has 1 aromatic heterocycles. The Balaban J connectivity index is 1.31. The monoisotopic (exact) mass is 618 g/mol. The number of halogens is 2. The number of likely N-dealkylation sites (N-methyl/N-ethyl adjacent to an activating group) is 1. The van der Waals surface area contributed by atoms with Gasteiger partial charge in [0.05, 0.1) is 28.6 Å². The van der Waals surface area contributed by atoms with Crippen LogP contribution in [0, 0.1) is 5.41 Å². The van der Waals surface area contributed by atoms with E-state index in [1.165, 1.54) is 18.9 Å². The molecule has 10 nitrogen and oxygen atoms in total. The van der Waals surface area contributed by atoms with Gasteiger partial charge < -0.3 is 25.1 Å². The van der Waals surface area contributed by atoms with Gasteiger partial charge in [-0.3, -0.25) is 4.79 Å². The third-order valence-corrected chi connectivity index (χ3v) is 11.0. The Morgan fingerprint density at radius 2 is 1.70 bits per heavy atom. The number of anilines is 4. The molecular formula is C30H40F2N6O4S. The number of fused-ring (bicyclic) bond motifs is 1. The van der Waals surface area contributed by atoms with Gasteiger partial charge in [-0.25, -0.2) is 26.9 Å². The zero-order valence-electron chi connectivity index (χ0n) is 24.7. The second-order valence-electron chi connectivity index (χ2n) is 12.7. The summed E-state index contributed by atoms with van der Waals surface area (Å²) in [5, 5.41) is 12.4. The highest BCUT2D eigenvalue weighted by Crippen LogP contribution is 2.54. The van der Waals surface area contributed by atoms with Crippen LogP contribution in [0.1, 0.15) is 61.5 Å². The van der Waals surface area contributed by atoms with Crippen LogP contribution < -0.4 is 24.7 Å². The van der Waals surface area contributed by atoms with Crippen molar-refractivity contribution >= 4 is 38.8 Å². The molecule has 0 bridgehead atoms. The number of carbonyl (C=O) groups is 1. The summed E-state index contributed by atoms with van der Waals surface area (Å²) in [6.45, 7) is 3.81. The van der Waals surface area contributed by atoms with Crippen molar-refractivity contribution in [3.05, 3.63) is 35.5 Å². The average molecular weight is 619 g/mol. The Hall–Kier alpha value is -3.03. The Morgan fingerprint density at radius 1 is 1.02 bits per heavy atom. The Kier molecular flexibility index (Phi) is 7.79. The van der Waals surface area contributed by atoms with Crippen molar-refractivity contribution in [3.63, 3.8) is 0 Å². The standard InChI is InChI=1S/C30H40F2N6O4S/c1-20(19-39)35-43(41,42)22-3-4-23(25(18-22)37-13-8-29(6-7-29)9-14-37)34-28(40)24-17-21-5-12-36(2)26(21)27(33-24)38-15-10-30(31,32)11-16-38/h3-4,17-18,20,35,39H,5-16,19H2,1-2H3,(H,34,40)/t20-/m0/s1. The van der Waals surface area contributed by atoms with Crippen LogP contribution in [0.25, 0.3) is 0 Å². The van der Waals surface area contributed by atoms with Crippen LogP contribution in [-0.4, -0.2) is 82.8 Å². The maximum Gasteiger partial charge on any atom is 0.274 e. The lowest BCUT2D eigenvalue weighted by Gasteiger charge is -2.35. The van der Waals surface area contributed by atoms with Gasteiger partial charge in [0, 0.05) is 58.7 Å². The summed E-state index contributed by atoms with van der Waals surface area (Å²) >= 11 is 0. The highest BCUT2D eigenvalue weighted by Gasteiger charge is 2.45. The summed E-state index contributed by atoms with van der Waals surface area (Å²) in [5.41, 5.74) is 3.51. The molecule has 3 fully saturated rings. The molecule has 2 saturated heterocycles. The molecule has 3 N–H and O–H groups in total. The van der Waals surface area contributed by atoms with Gasteiger partial charge in [0.15, 0.2) is 5.82 Å². The summed E-state index contributed by atoms with van der Waals surface area (Å²) in [6, 6.07) is 5.75. The van der Waals surface area contributed by atoms with Crippen LogP contribution in [0.3, 0.4) is 0 Å². The Bertz CT molecular complexity index is 1500. The van der Waals surface area contributed by atoms with E-state index in [-0.39, 0.29) is 43.1 Å². The van der Waals surface area contributed by atoms with Crippen molar-refractivity contribution in [1.82, 2.24) is 9.71 Å². The van der Waals surface area contributed by atoms with E-state index < -0.39 is 27.9 Å². The number of amides is 1. The summed E-state index contributed by atoms with van der Waals surface area (Å²) in [6.07, 6.45) is 4.66. The normalized spacial score (nSPS) is 21.6. The number of aliphatic hydroxyl groups is 1. The fourth-order valence-corrected chi connectivity index (χ4v) is 7.72. The molecule has 0 radical (unpaired) electrons. The largest absolute Gasteiger partial charge is 0.395 e. The molecule has 43 heavy (non-hydrogen) atoms. The lowest BCUT2D eigenvalue weighted by atomic mass is 9.93. The number of nitrogens with zero attached hydrogens (tertiary/aromatic N) is 4. The molecule has 1 spiro atoms. The molecule has 2 aromatic rings. The number of hydrogen-bond acceptors (Lipinski definition) is 8. The predicted octanol–water partition coefficient (Wildman–Crippen LogP) is 3.60. The van der Waals surface area contributed by atoms with Crippen molar-refractivity contribution in [2.24, 2.45) is 5.41 Å². The summed E-state index contributed by atoms with van der Waals surface area (Å²) < 4.78 is 56.5. The number of hydrogen-bond donors (Lipinski definition) is 3. The molecule has 4 heterocycles. The number of aromatic nitrogens is 1. The van der Waals surface area contributed by atoms with Crippen molar-refractivity contribution in [3.8, 4) is 0 Å². The van der Waals surface area contributed by atoms with Crippen molar-refractivity contribution in [1.29, 1.82) is 0 Å². The van der Waals surface area contributed by atoms with E-state index in [9.17, 15) is 27.1 Å². The zero-order valence-corrected chi connectivity index (χ0v) is 25.5. The number of benzene rings is 1. The molecule has 234 valence electrons. The zero-order chi connectivity index (χ0) is 30.6. The number of nitrogens with one attached hydrogen (secondary N) is 2. The van der Waals surface area contributed by atoms with E-state index in [1.54, 1.807) is 25.1 Å². The number of piperidine rings is 2. The van der Waals surface area contributed by atoms with Gasteiger partial charge in [0.2, 0.25) is 10.0 Å². The minimum absolute atomic E-state index is 0.0513. The van der Waals surface area contributed by atoms with Crippen LogP contribution in [-0.2, 0) is 16.4 Å². The summed E-state index contributed by atoms with van der Waals surface area (Å²) in [5.74, 6) is -2.59. The van der Waals surface area contributed by atoms with Gasteiger partial charge in [0.1, 0.15) is 5.69 Å². The number of alkyl halides is 2. The van der Waals surface area contributed by atoms with Gasteiger partial charge in [-0.15, -0.1) is 0 Å². The van der Waals surface area contributed by atoms with Crippen molar-refractivity contribution in [2.75, 3.05) is 66.4 Å². The average Bonchev–Trinajstić information content (AvgIpc) is 3.63. The molecule has 1 aromatic carbocycles. The predicted molar refractivity (Wildman–Crippen MR) is 162 cm³/mol. The van der Waals surface area contributed by atoms with Gasteiger partial charge in [0.25, 0.3) is 11.8 Å². The van der Waals surface area contributed by atoms with E-state index in [1.807, 2.05) is 11.9 Å². The number of carbonyl (C=O) groups excluding carboxylic acids is 1. The molecule has 13 heteroatoms. The van der Waals surface area contributed by atoms with Gasteiger partial charge >= 0.3 is 0 Å². The molecule has 1 saturated carbocycles. The first-order chi connectivity index (χ1) is 20.4. The minimum atomic E-state index is -3.90. The Morgan fingerprint density at radius 3 is 2.35 bits per heavy atom. The number of aliphatic hydroxyl groups excluding tert-OH is 1. The maximum absolute atomic E-state index is 13.9.